The van der Waals surface area contributed by atoms with Crippen LogP contribution >= 0.6 is 23.1 Å². The fraction of sp³-hybridized carbons (Fsp3) is 0. The molecular weight excluding hydrogens is 234 g/mol. The number of hydrogen-bond acceptors (Lipinski definition) is 6. The smallest absolute Gasteiger partial charge is 0.355 e. The van der Waals surface area contributed by atoms with E-state index in [1.54, 1.807) is 18.5 Å². The minimum Gasteiger partial charge on any atom is -0.476 e. The van der Waals surface area contributed by atoms with Gasteiger partial charge in [0.1, 0.15) is 0 Å². The van der Waals surface area contributed by atoms with E-state index in [0.717, 1.165) is 0 Å². The third kappa shape index (κ3) is 2.51. The molecule has 2 aromatic rings. The predicted octanol–water partition coefficient (Wildman–Crippen LogP) is 1.78. The topological polar surface area (TPSA) is 76.0 Å². The molecule has 0 saturated heterocycles. The van der Waals surface area contributed by atoms with Gasteiger partial charge in [-0.25, -0.2) is 19.7 Å². The van der Waals surface area contributed by atoms with Gasteiger partial charge in [0.2, 0.25) is 0 Å². The molecule has 0 unspecified atom stereocenters. The Balaban J connectivity index is 2.15. The quantitative estimate of drug-likeness (QED) is 0.823. The lowest BCUT2D eigenvalue weighted by molar-refractivity contribution is 0.0691. The van der Waals surface area contributed by atoms with Crippen LogP contribution in [0.2, 0.25) is 0 Å². The van der Waals surface area contributed by atoms with Gasteiger partial charge in [-0.3, -0.25) is 0 Å². The average Bonchev–Trinajstić information content (AvgIpc) is 2.68. The first-order chi connectivity index (χ1) is 7.25. The molecule has 5 nitrogen and oxygen atoms in total. The van der Waals surface area contributed by atoms with Crippen LogP contribution in [-0.4, -0.2) is 26.0 Å². The molecule has 2 heterocycles. The number of rotatable bonds is 3. The van der Waals surface area contributed by atoms with Crippen molar-refractivity contribution in [3.05, 3.63) is 29.5 Å². The summed E-state index contributed by atoms with van der Waals surface area (Å²) in [5, 5.41) is 10.7. The van der Waals surface area contributed by atoms with E-state index < -0.39 is 5.97 Å². The third-order valence-electron chi connectivity index (χ3n) is 1.42. The highest BCUT2D eigenvalue weighted by Crippen LogP contribution is 2.27. The van der Waals surface area contributed by atoms with Crippen molar-refractivity contribution in [3.8, 4) is 0 Å². The van der Waals surface area contributed by atoms with Gasteiger partial charge >= 0.3 is 5.97 Å². The lowest BCUT2D eigenvalue weighted by atomic mass is 10.5. The van der Waals surface area contributed by atoms with E-state index in [-0.39, 0.29) is 5.69 Å². The van der Waals surface area contributed by atoms with Crippen LogP contribution in [0.5, 0.6) is 0 Å². The molecule has 0 amide bonds. The van der Waals surface area contributed by atoms with Crippen molar-refractivity contribution >= 4 is 29.1 Å². The van der Waals surface area contributed by atoms with Gasteiger partial charge in [0.05, 0.1) is 0 Å². The molecule has 2 aromatic heterocycles. The maximum Gasteiger partial charge on any atom is 0.355 e. The summed E-state index contributed by atoms with van der Waals surface area (Å²) in [7, 11) is 0. The largest absolute Gasteiger partial charge is 0.476 e. The normalized spacial score (nSPS) is 10.1. The van der Waals surface area contributed by atoms with Crippen LogP contribution in [0.15, 0.2) is 33.3 Å². The van der Waals surface area contributed by atoms with Crippen LogP contribution in [0, 0.1) is 0 Å². The molecule has 15 heavy (non-hydrogen) atoms. The van der Waals surface area contributed by atoms with Gasteiger partial charge in [0, 0.05) is 17.8 Å². The Morgan fingerprint density at radius 2 is 2.13 bits per heavy atom. The minimum absolute atomic E-state index is 0.0541. The minimum atomic E-state index is -1.02. The summed E-state index contributed by atoms with van der Waals surface area (Å²) in [5.41, 5.74) is 0.0541. The van der Waals surface area contributed by atoms with Crippen molar-refractivity contribution in [3.63, 3.8) is 0 Å². The van der Waals surface area contributed by atoms with E-state index in [0.29, 0.717) is 9.50 Å². The van der Waals surface area contributed by atoms with Gasteiger partial charge in [-0.2, -0.15) is 0 Å². The molecule has 7 heteroatoms. The Bertz CT molecular complexity index is 472. The van der Waals surface area contributed by atoms with E-state index in [2.05, 4.69) is 15.0 Å². The molecule has 0 aliphatic heterocycles. The predicted molar refractivity (Wildman–Crippen MR) is 55.2 cm³/mol. The Kier molecular flexibility index (Phi) is 2.93. The van der Waals surface area contributed by atoms with Crippen molar-refractivity contribution < 1.29 is 9.90 Å². The molecule has 0 atom stereocenters. The Labute approximate surface area is 93.2 Å². The van der Waals surface area contributed by atoms with Crippen LogP contribution in [0.4, 0.5) is 0 Å². The van der Waals surface area contributed by atoms with Gasteiger partial charge in [-0.05, 0) is 17.8 Å². The Hall–Kier alpha value is -1.47. The highest BCUT2D eigenvalue weighted by atomic mass is 32.2. The Morgan fingerprint density at radius 3 is 2.73 bits per heavy atom. The average molecular weight is 239 g/mol. The van der Waals surface area contributed by atoms with Crippen molar-refractivity contribution in [2.45, 2.75) is 9.50 Å². The molecule has 0 aromatic carbocycles. The molecule has 0 aliphatic carbocycles. The lowest BCUT2D eigenvalue weighted by Crippen LogP contribution is -1.95. The first kappa shape index (κ1) is 10.1. The van der Waals surface area contributed by atoms with Crippen molar-refractivity contribution in [2.24, 2.45) is 0 Å². The summed E-state index contributed by atoms with van der Waals surface area (Å²) < 4.78 is 0.624. The number of thiazole rings is 1. The van der Waals surface area contributed by atoms with E-state index in [1.165, 1.54) is 28.5 Å². The molecule has 0 radical (unpaired) electrons. The van der Waals surface area contributed by atoms with Crippen LogP contribution in [0.1, 0.15) is 10.5 Å². The molecule has 1 N–H and O–H groups in total. The number of carboxylic acid groups (broad SMARTS) is 1. The zero-order chi connectivity index (χ0) is 10.7. The maximum atomic E-state index is 10.6. The molecule has 2 rings (SSSR count). The van der Waals surface area contributed by atoms with Crippen molar-refractivity contribution in [2.75, 3.05) is 0 Å². The first-order valence-electron chi connectivity index (χ1n) is 3.89. The first-order valence-corrected chi connectivity index (χ1v) is 5.59. The van der Waals surface area contributed by atoms with Gasteiger partial charge < -0.3 is 5.11 Å². The summed E-state index contributed by atoms with van der Waals surface area (Å²) >= 11 is 2.51. The van der Waals surface area contributed by atoms with Crippen LogP contribution < -0.4 is 0 Å². The fourth-order valence-corrected chi connectivity index (χ4v) is 2.42. The second-order valence-electron chi connectivity index (χ2n) is 2.44. The highest BCUT2D eigenvalue weighted by molar-refractivity contribution is 8.00. The summed E-state index contributed by atoms with van der Waals surface area (Å²) in [4.78, 5) is 22.5. The lowest BCUT2D eigenvalue weighted by Gasteiger charge is -1.92. The summed E-state index contributed by atoms with van der Waals surface area (Å²) in [6, 6.07) is 1.72. The number of carbonyl (C=O) groups is 1. The SMILES string of the molecule is O=C(O)c1csc(Sc2ncccn2)n1. The molecule has 0 saturated carbocycles. The van der Waals surface area contributed by atoms with Gasteiger partial charge in [0.25, 0.3) is 0 Å². The standard InChI is InChI=1S/C8H5N3O2S2/c12-6(13)5-4-14-8(11-5)15-7-9-2-1-3-10-7/h1-4H,(H,12,13). The highest BCUT2D eigenvalue weighted by Gasteiger charge is 2.10. The zero-order valence-corrected chi connectivity index (χ0v) is 8.96. The molecule has 0 bridgehead atoms. The molecule has 0 aliphatic rings. The third-order valence-corrected chi connectivity index (χ3v) is 3.25. The van der Waals surface area contributed by atoms with Gasteiger partial charge in [-0.15, -0.1) is 11.3 Å². The van der Waals surface area contributed by atoms with Crippen LogP contribution in [0.3, 0.4) is 0 Å². The monoisotopic (exact) mass is 239 g/mol. The Morgan fingerprint density at radius 1 is 1.40 bits per heavy atom. The van der Waals surface area contributed by atoms with Crippen LogP contribution in [0.25, 0.3) is 0 Å². The summed E-state index contributed by atoms with van der Waals surface area (Å²) in [6.07, 6.45) is 3.25. The van der Waals surface area contributed by atoms with E-state index in [4.69, 9.17) is 5.11 Å². The molecule has 0 fully saturated rings. The van der Waals surface area contributed by atoms with Gasteiger partial charge in [0.15, 0.2) is 15.2 Å². The van der Waals surface area contributed by atoms with Gasteiger partial charge in [-0.1, -0.05) is 0 Å². The molecular formula is C8H5N3O2S2. The van der Waals surface area contributed by atoms with Crippen molar-refractivity contribution in [1.29, 1.82) is 0 Å². The summed E-state index contributed by atoms with van der Waals surface area (Å²) in [5.74, 6) is -1.02. The van der Waals surface area contributed by atoms with E-state index in [1.807, 2.05) is 0 Å². The number of nitrogens with zero attached hydrogens (tertiary/aromatic N) is 3. The number of hydrogen-bond donors (Lipinski definition) is 1. The second kappa shape index (κ2) is 4.37. The van der Waals surface area contributed by atoms with Crippen LogP contribution in [-0.2, 0) is 0 Å². The maximum absolute atomic E-state index is 10.6. The number of aromatic carboxylic acids is 1. The molecule has 76 valence electrons. The van der Waals surface area contributed by atoms with Crippen molar-refractivity contribution in [1.82, 2.24) is 15.0 Å². The number of aromatic nitrogens is 3. The fourth-order valence-electron chi connectivity index (χ4n) is 0.819. The van der Waals surface area contributed by atoms with E-state index in [9.17, 15) is 4.79 Å². The zero-order valence-electron chi connectivity index (χ0n) is 7.32. The summed E-state index contributed by atoms with van der Waals surface area (Å²) in [6.45, 7) is 0. The van der Waals surface area contributed by atoms with E-state index >= 15 is 0 Å². The molecule has 0 spiro atoms. The second-order valence-corrected chi connectivity index (χ2v) is 4.51. The number of carboxylic acids is 1.